The molecule has 0 bridgehead atoms. The number of carbonyl (C=O) groups is 1. The molecule has 0 unspecified atom stereocenters. The quantitative estimate of drug-likeness (QED) is 0.500. The number of hydrazone groups is 1. The van der Waals surface area contributed by atoms with E-state index in [4.69, 9.17) is 4.74 Å². The monoisotopic (exact) mass is 354 g/mol. The summed E-state index contributed by atoms with van der Waals surface area (Å²) in [4.78, 5) is 12.0. The van der Waals surface area contributed by atoms with Crippen molar-refractivity contribution in [1.82, 2.24) is 5.43 Å². The molecule has 0 spiro atoms. The number of benzene rings is 2. The molecular formula is C19H18N2O5. The van der Waals surface area contributed by atoms with Crippen molar-refractivity contribution in [3.05, 3.63) is 53.1 Å². The van der Waals surface area contributed by atoms with Gasteiger partial charge in [-0.1, -0.05) is 0 Å². The average Bonchev–Trinajstić information content (AvgIpc) is 2.56. The number of hydrogen-bond acceptors (Lipinski definition) is 6. The van der Waals surface area contributed by atoms with E-state index in [0.717, 1.165) is 6.07 Å². The highest BCUT2D eigenvalue weighted by molar-refractivity contribution is 5.97. The van der Waals surface area contributed by atoms with Crippen molar-refractivity contribution in [2.24, 2.45) is 5.10 Å². The van der Waals surface area contributed by atoms with E-state index in [1.165, 1.54) is 18.3 Å². The molecule has 0 atom stereocenters. The Kier molecular flexibility index (Phi) is 4.29. The Hall–Kier alpha value is -3.48. The Morgan fingerprint density at radius 1 is 1.19 bits per heavy atom. The number of carbonyl (C=O) groups excluding carboxylic acids is 1. The van der Waals surface area contributed by atoms with Gasteiger partial charge in [-0.25, -0.2) is 5.43 Å². The van der Waals surface area contributed by atoms with Gasteiger partial charge in [0.15, 0.2) is 0 Å². The summed E-state index contributed by atoms with van der Waals surface area (Å²) >= 11 is 0. The fourth-order valence-electron chi connectivity index (χ4n) is 2.49. The molecule has 2 aromatic rings. The third-order valence-electron chi connectivity index (χ3n) is 3.83. The fourth-order valence-corrected chi connectivity index (χ4v) is 2.49. The highest BCUT2D eigenvalue weighted by atomic mass is 16.5. The molecule has 0 fully saturated rings. The first-order valence-electron chi connectivity index (χ1n) is 7.86. The van der Waals surface area contributed by atoms with Gasteiger partial charge in [0.2, 0.25) is 0 Å². The predicted octanol–water partition coefficient (Wildman–Crippen LogP) is 2.75. The maximum absolute atomic E-state index is 12.0. The largest absolute Gasteiger partial charge is 0.508 e. The third-order valence-corrected chi connectivity index (χ3v) is 3.83. The Labute approximate surface area is 149 Å². The highest BCUT2D eigenvalue weighted by Gasteiger charge is 2.24. The number of phenols is 3. The average molecular weight is 354 g/mol. The third kappa shape index (κ3) is 3.46. The SMILES string of the molecule is CC1(C)C=Cc2c(ccc(/C=N/NC(=O)c3ccc(O)cc3O)c2O)O1. The van der Waals surface area contributed by atoms with E-state index in [-0.39, 0.29) is 22.8 Å². The number of fused-ring (bicyclic) bond motifs is 1. The van der Waals surface area contributed by atoms with Gasteiger partial charge < -0.3 is 20.1 Å². The molecule has 0 aliphatic carbocycles. The van der Waals surface area contributed by atoms with Gasteiger partial charge in [0.25, 0.3) is 5.91 Å². The summed E-state index contributed by atoms with van der Waals surface area (Å²) < 4.78 is 5.77. The van der Waals surface area contributed by atoms with E-state index in [0.29, 0.717) is 16.9 Å². The van der Waals surface area contributed by atoms with Crippen LogP contribution in [0, 0.1) is 0 Å². The van der Waals surface area contributed by atoms with Gasteiger partial charge in [0, 0.05) is 11.6 Å². The minimum absolute atomic E-state index is 0.0141. The van der Waals surface area contributed by atoms with Crippen molar-refractivity contribution >= 4 is 18.2 Å². The van der Waals surface area contributed by atoms with Gasteiger partial charge in [0.05, 0.1) is 17.3 Å². The second-order valence-electron chi connectivity index (χ2n) is 6.35. The standard InChI is InChI=1S/C19H18N2O5/c1-19(2)8-7-14-16(26-19)6-3-11(17(14)24)10-20-21-18(25)13-5-4-12(22)9-15(13)23/h3-10,22-24H,1-2H3,(H,21,25)/b20-10+. The summed E-state index contributed by atoms with van der Waals surface area (Å²) in [5.41, 5.74) is 2.71. The number of nitrogens with one attached hydrogen (secondary N) is 1. The highest BCUT2D eigenvalue weighted by Crippen LogP contribution is 2.37. The molecule has 1 aliphatic rings. The van der Waals surface area contributed by atoms with Gasteiger partial charge in [0.1, 0.15) is 28.6 Å². The van der Waals surface area contributed by atoms with Crippen molar-refractivity contribution in [2.45, 2.75) is 19.4 Å². The Bertz CT molecular complexity index is 932. The van der Waals surface area contributed by atoms with Crippen LogP contribution in [0.2, 0.25) is 0 Å². The molecule has 0 saturated carbocycles. The number of aromatic hydroxyl groups is 3. The number of rotatable bonds is 3. The molecule has 134 valence electrons. The Morgan fingerprint density at radius 3 is 2.69 bits per heavy atom. The molecule has 7 heteroatoms. The van der Waals surface area contributed by atoms with Crippen molar-refractivity contribution in [2.75, 3.05) is 0 Å². The lowest BCUT2D eigenvalue weighted by Crippen LogP contribution is -2.27. The summed E-state index contributed by atoms with van der Waals surface area (Å²) in [6.45, 7) is 3.82. The van der Waals surface area contributed by atoms with Crippen LogP contribution < -0.4 is 10.2 Å². The first kappa shape index (κ1) is 17.3. The van der Waals surface area contributed by atoms with Crippen molar-refractivity contribution < 1.29 is 24.9 Å². The molecule has 0 aromatic heterocycles. The second kappa shape index (κ2) is 6.44. The molecule has 26 heavy (non-hydrogen) atoms. The van der Waals surface area contributed by atoms with Crippen LogP contribution in [0.3, 0.4) is 0 Å². The fraction of sp³-hybridized carbons (Fsp3) is 0.158. The van der Waals surface area contributed by atoms with E-state index in [1.54, 1.807) is 18.2 Å². The maximum Gasteiger partial charge on any atom is 0.275 e. The summed E-state index contributed by atoms with van der Waals surface area (Å²) in [7, 11) is 0. The van der Waals surface area contributed by atoms with Crippen LogP contribution in [0.1, 0.15) is 35.3 Å². The number of phenolic OH excluding ortho intramolecular Hbond substituents is 3. The van der Waals surface area contributed by atoms with Crippen molar-refractivity contribution in [3.63, 3.8) is 0 Å². The molecular weight excluding hydrogens is 336 g/mol. The van der Waals surface area contributed by atoms with E-state index < -0.39 is 11.5 Å². The topological polar surface area (TPSA) is 111 Å². The summed E-state index contributed by atoms with van der Waals surface area (Å²) in [5, 5.41) is 33.1. The van der Waals surface area contributed by atoms with Gasteiger partial charge in [-0.2, -0.15) is 5.10 Å². The van der Waals surface area contributed by atoms with E-state index >= 15 is 0 Å². The molecule has 2 aromatic carbocycles. The minimum Gasteiger partial charge on any atom is -0.508 e. The van der Waals surface area contributed by atoms with Crippen molar-refractivity contribution in [1.29, 1.82) is 0 Å². The molecule has 1 amide bonds. The van der Waals surface area contributed by atoms with Crippen LogP contribution in [0.5, 0.6) is 23.0 Å². The smallest absolute Gasteiger partial charge is 0.275 e. The van der Waals surface area contributed by atoms with E-state index in [2.05, 4.69) is 10.5 Å². The first-order valence-corrected chi connectivity index (χ1v) is 7.86. The van der Waals surface area contributed by atoms with E-state index in [9.17, 15) is 20.1 Å². The van der Waals surface area contributed by atoms with Gasteiger partial charge in [-0.3, -0.25) is 4.79 Å². The maximum atomic E-state index is 12.0. The lowest BCUT2D eigenvalue weighted by atomic mass is 10.00. The van der Waals surface area contributed by atoms with Crippen LogP contribution in [0.15, 0.2) is 41.5 Å². The minimum atomic E-state index is -0.652. The zero-order chi connectivity index (χ0) is 18.9. The van der Waals surface area contributed by atoms with Gasteiger partial charge >= 0.3 is 0 Å². The summed E-state index contributed by atoms with van der Waals surface area (Å²) in [6, 6.07) is 6.95. The number of amides is 1. The van der Waals surface area contributed by atoms with Gasteiger partial charge in [-0.05, 0) is 50.3 Å². The van der Waals surface area contributed by atoms with Crippen LogP contribution in [-0.2, 0) is 0 Å². The molecule has 1 aliphatic heterocycles. The normalized spacial score (nSPS) is 14.7. The van der Waals surface area contributed by atoms with Gasteiger partial charge in [-0.15, -0.1) is 0 Å². The predicted molar refractivity (Wildman–Crippen MR) is 96.7 cm³/mol. The number of ether oxygens (including phenoxy) is 1. The zero-order valence-corrected chi connectivity index (χ0v) is 14.2. The summed E-state index contributed by atoms with van der Waals surface area (Å²) in [5.74, 6) is -0.620. The van der Waals surface area contributed by atoms with Crippen molar-refractivity contribution in [3.8, 4) is 23.0 Å². The Balaban J connectivity index is 1.76. The molecule has 3 rings (SSSR count). The number of hydrogen-bond donors (Lipinski definition) is 4. The molecule has 0 saturated heterocycles. The van der Waals surface area contributed by atoms with Crippen LogP contribution in [0.25, 0.3) is 6.08 Å². The molecule has 1 heterocycles. The second-order valence-corrected chi connectivity index (χ2v) is 6.35. The first-order chi connectivity index (χ1) is 12.3. The summed E-state index contributed by atoms with van der Waals surface area (Å²) in [6.07, 6.45) is 4.91. The molecule has 4 N–H and O–H groups in total. The lowest BCUT2D eigenvalue weighted by molar-refractivity contribution is 0.0952. The van der Waals surface area contributed by atoms with Crippen LogP contribution >= 0.6 is 0 Å². The molecule has 0 radical (unpaired) electrons. The number of nitrogens with zero attached hydrogens (tertiary/aromatic N) is 1. The van der Waals surface area contributed by atoms with E-state index in [1.807, 2.05) is 19.9 Å². The van der Waals surface area contributed by atoms with Crippen LogP contribution in [-0.4, -0.2) is 33.0 Å². The zero-order valence-electron chi connectivity index (χ0n) is 14.2. The Morgan fingerprint density at radius 2 is 1.96 bits per heavy atom. The molecule has 7 nitrogen and oxygen atoms in total. The lowest BCUT2D eigenvalue weighted by Gasteiger charge is -2.28. The van der Waals surface area contributed by atoms with Crippen LogP contribution in [0.4, 0.5) is 0 Å².